The average Bonchev–Trinajstić information content (AvgIpc) is 2.83. The quantitative estimate of drug-likeness (QED) is 0.370. The van der Waals surface area contributed by atoms with Gasteiger partial charge in [0, 0.05) is 17.1 Å². The van der Waals surface area contributed by atoms with Crippen LogP contribution in [0.2, 0.25) is 0 Å². The van der Waals surface area contributed by atoms with Gasteiger partial charge in [-0.05, 0) is 55.0 Å². The molecule has 0 bridgehead atoms. The number of sulfonamides is 1. The summed E-state index contributed by atoms with van der Waals surface area (Å²) in [5.41, 5.74) is 1.34. The van der Waals surface area contributed by atoms with Crippen LogP contribution < -0.4 is 9.04 Å². The Bertz CT molecular complexity index is 1520. The smallest absolute Gasteiger partial charge is 0.478 e. The maximum Gasteiger partial charge on any atom is 0.573 e. The highest BCUT2D eigenvalue weighted by atomic mass is 32.2. The molecule has 0 aliphatic carbocycles. The van der Waals surface area contributed by atoms with Crippen LogP contribution in [0.5, 0.6) is 5.75 Å². The Morgan fingerprint density at radius 1 is 1.03 bits per heavy atom. The fourth-order valence-corrected chi connectivity index (χ4v) is 5.03. The number of carboxylic acids is 1. The first-order chi connectivity index (χ1) is 17.0. The van der Waals surface area contributed by atoms with E-state index in [1.807, 2.05) is 0 Å². The van der Waals surface area contributed by atoms with E-state index in [0.717, 1.165) is 16.4 Å². The summed E-state index contributed by atoms with van der Waals surface area (Å²) in [6, 6.07) is 12.9. The minimum absolute atomic E-state index is 0.0909. The summed E-state index contributed by atoms with van der Waals surface area (Å²) < 4.78 is 69.8. The van der Waals surface area contributed by atoms with Crippen LogP contribution in [-0.4, -0.2) is 35.8 Å². The van der Waals surface area contributed by atoms with E-state index in [4.69, 9.17) is 5.11 Å². The Morgan fingerprint density at radius 3 is 2.31 bits per heavy atom. The first kappa shape index (κ1) is 24.9. The van der Waals surface area contributed by atoms with Crippen molar-refractivity contribution in [2.24, 2.45) is 0 Å². The van der Waals surface area contributed by atoms with E-state index in [1.165, 1.54) is 42.6 Å². The Morgan fingerprint density at radius 2 is 1.69 bits per heavy atom. The van der Waals surface area contributed by atoms with Crippen molar-refractivity contribution in [3.63, 3.8) is 0 Å². The summed E-state index contributed by atoms with van der Waals surface area (Å²) in [4.78, 5) is 19.5. The number of halogens is 3. The molecule has 0 aliphatic rings. The number of pyridine rings is 2. The predicted octanol–water partition coefficient (Wildman–Crippen LogP) is 4.93. The number of aromatic carboxylic acids is 1. The highest BCUT2D eigenvalue weighted by molar-refractivity contribution is 7.92. The SMILES string of the molecule is Cc1c(N(Cc2ccc(OC(F)(F)F)cc2)S(=O)(=O)c2ccc(C(=O)O)cc2)ncc2ncccc12. The number of anilines is 1. The molecule has 12 heteroatoms. The molecular formula is C24H18F3N3O5S. The maximum atomic E-state index is 13.7. The van der Waals surface area contributed by atoms with Crippen LogP contribution >= 0.6 is 0 Å². The number of nitrogens with zero attached hydrogens (tertiary/aromatic N) is 3. The number of hydrogen-bond donors (Lipinski definition) is 1. The second-order valence-corrected chi connectivity index (χ2v) is 9.54. The van der Waals surface area contributed by atoms with Gasteiger partial charge < -0.3 is 9.84 Å². The number of carboxylic acid groups (broad SMARTS) is 1. The third kappa shape index (κ3) is 5.23. The fraction of sp³-hybridized carbons (Fsp3) is 0.125. The lowest BCUT2D eigenvalue weighted by atomic mass is 10.1. The van der Waals surface area contributed by atoms with Gasteiger partial charge in [0.25, 0.3) is 10.0 Å². The van der Waals surface area contributed by atoms with Gasteiger partial charge in [-0.25, -0.2) is 22.5 Å². The van der Waals surface area contributed by atoms with Crippen molar-refractivity contribution < 1.29 is 36.2 Å². The molecule has 0 fully saturated rings. The largest absolute Gasteiger partial charge is 0.573 e. The molecule has 36 heavy (non-hydrogen) atoms. The van der Waals surface area contributed by atoms with Crippen molar-refractivity contribution >= 4 is 32.7 Å². The fourth-order valence-electron chi connectivity index (χ4n) is 3.56. The minimum Gasteiger partial charge on any atom is -0.478 e. The monoisotopic (exact) mass is 517 g/mol. The number of aromatic nitrogens is 2. The molecule has 186 valence electrons. The summed E-state index contributed by atoms with van der Waals surface area (Å²) in [5, 5.41) is 9.80. The van der Waals surface area contributed by atoms with Crippen molar-refractivity contribution in [1.82, 2.24) is 9.97 Å². The molecular weight excluding hydrogens is 499 g/mol. The third-order valence-corrected chi connectivity index (χ3v) is 7.05. The van der Waals surface area contributed by atoms with Gasteiger partial charge in [0.15, 0.2) is 0 Å². The van der Waals surface area contributed by atoms with Gasteiger partial charge >= 0.3 is 12.3 Å². The van der Waals surface area contributed by atoms with Crippen LogP contribution in [-0.2, 0) is 16.6 Å². The molecule has 0 aliphatic heterocycles. The molecule has 0 atom stereocenters. The number of ether oxygens (including phenoxy) is 1. The summed E-state index contributed by atoms with van der Waals surface area (Å²) >= 11 is 0. The zero-order valence-electron chi connectivity index (χ0n) is 18.6. The van der Waals surface area contributed by atoms with Gasteiger partial charge in [0.2, 0.25) is 0 Å². The van der Waals surface area contributed by atoms with Crippen molar-refractivity contribution in [3.05, 3.63) is 89.7 Å². The first-order valence-electron chi connectivity index (χ1n) is 10.4. The number of fused-ring (bicyclic) bond motifs is 1. The van der Waals surface area contributed by atoms with E-state index in [2.05, 4.69) is 14.7 Å². The molecule has 2 aromatic heterocycles. The molecule has 2 heterocycles. The molecule has 0 saturated heterocycles. The number of hydrogen-bond acceptors (Lipinski definition) is 6. The Balaban J connectivity index is 1.79. The van der Waals surface area contributed by atoms with Crippen LogP contribution in [0.15, 0.2) is 78.0 Å². The van der Waals surface area contributed by atoms with E-state index < -0.39 is 28.1 Å². The van der Waals surface area contributed by atoms with E-state index in [-0.39, 0.29) is 22.8 Å². The van der Waals surface area contributed by atoms with Crippen molar-refractivity contribution in [3.8, 4) is 5.75 Å². The normalized spacial score (nSPS) is 11.9. The van der Waals surface area contributed by atoms with Gasteiger partial charge in [-0.1, -0.05) is 18.2 Å². The number of benzene rings is 2. The third-order valence-electron chi connectivity index (χ3n) is 5.30. The average molecular weight is 517 g/mol. The highest BCUT2D eigenvalue weighted by Gasteiger charge is 2.31. The van der Waals surface area contributed by atoms with E-state index in [0.29, 0.717) is 22.0 Å². The van der Waals surface area contributed by atoms with Crippen LogP contribution in [0.3, 0.4) is 0 Å². The molecule has 4 aromatic rings. The molecule has 0 spiro atoms. The number of aryl methyl sites for hydroxylation is 1. The number of carbonyl (C=O) groups is 1. The standard InChI is InChI=1S/C24H18F3N3O5S/c1-15-20-3-2-12-28-21(20)13-29-22(15)30(14-16-4-8-18(9-5-16)35-24(25,26)27)36(33,34)19-10-6-17(7-11-19)23(31)32/h2-13H,14H2,1H3,(H,31,32). The lowest BCUT2D eigenvalue weighted by Crippen LogP contribution is -2.32. The van der Waals surface area contributed by atoms with Crippen LogP contribution in [0, 0.1) is 6.92 Å². The Kier molecular flexibility index (Phi) is 6.55. The Hall–Kier alpha value is -4.19. The van der Waals surface area contributed by atoms with Gasteiger partial charge in [-0.3, -0.25) is 4.98 Å². The summed E-state index contributed by atoms with van der Waals surface area (Å²) in [7, 11) is -4.28. The summed E-state index contributed by atoms with van der Waals surface area (Å²) in [5.74, 6) is -1.57. The van der Waals surface area contributed by atoms with E-state index in [1.54, 1.807) is 25.3 Å². The molecule has 2 aromatic carbocycles. The number of alkyl halides is 3. The van der Waals surface area contributed by atoms with E-state index in [9.17, 15) is 26.4 Å². The van der Waals surface area contributed by atoms with E-state index >= 15 is 0 Å². The van der Waals surface area contributed by atoms with Crippen LogP contribution in [0.25, 0.3) is 10.9 Å². The van der Waals surface area contributed by atoms with Gasteiger partial charge in [0.05, 0.1) is 28.7 Å². The van der Waals surface area contributed by atoms with Crippen molar-refractivity contribution in [1.29, 1.82) is 0 Å². The first-order valence-corrected chi connectivity index (χ1v) is 11.8. The van der Waals surface area contributed by atoms with Crippen molar-refractivity contribution in [2.45, 2.75) is 24.7 Å². The minimum atomic E-state index is -4.86. The zero-order chi connectivity index (χ0) is 26.1. The van der Waals surface area contributed by atoms with Crippen molar-refractivity contribution in [2.75, 3.05) is 4.31 Å². The molecule has 0 amide bonds. The molecule has 0 radical (unpaired) electrons. The van der Waals surface area contributed by atoms with Crippen LogP contribution in [0.1, 0.15) is 21.5 Å². The zero-order valence-corrected chi connectivity index (χ0v) is 19.4. The molecule has 0 saturated carbocycles. The second kappa shape index (κ2) is 9.46. The molecule has 0 unspecified atom stereocenters. The summed E-state index contributed by atoms with van der Waals surface area (Å²) in [6.45, 7) is 1.41. The predicted molar refractivity (Wildman–Crippen MR) is 124 cm³/mol. The lowest BCUT2D eigenvalue weighted by Gasteiger charge is -2.25. The van der Waals surface area contributed by atoms with Crippen LogP contribution in [0.4, 0.5) is 19.0 Å². The maximum absolute atomic E-state index is 13.7. The topological polar surface area (TPSA) is 110 Å². The van der Waals surface area contributed by atoms with Gasteiger partial charge in [0.1, 0.15) is 11.6 Å². The lowest BCUT2D eigenvalue weighted by molar-refractivity contribution is -0.274. The van der Waals surface area contributed by atoms with Gasteiger partial charge in [-0.2, -0.15) is 0 Å². The Labute approximate surface area is 203 Å². The molecule has 1 N–H and O–H groups in total. The second-order valence-electron chi connectivity index (χ2n) is 7.68. The van der Waals surface area contributed by atoms with Gasteiger partial charge in [-0.15, -0.1) is 13.2 Å². The summed E-state index contributed by atoms with van der Waals surface area (Å²) in [6.07, 6.45) is -1.86. The molecule has 8 nitrogen and oxygen atoms in total. The number of rotatable bonds is 7. The highest BCUT2D eigenvalue weighted by Crippen LogP contribution is 2.31. The molecule has 4 rings (SSSR count).